The van der Waals surface area contributed by atoms with Crippen molar-refractivity contribution in [2.75, 3.05) is 34.8 Å². The van der Waals surface area contributed by atoms with Gasteiger partial charge in [0.25, 0.3) is 0 Å². The maximum Gasteiger partial charge on any atom is 0.227 e. The Morgan fingerprint density at radius 3 is 2.11 bits per heavy atom. The van der Waals surface area contributed by atoms with E-state index in [2.05, 4.69) is 89.4 Å². The molecule has 0 amide bonds. The van der Waals surface area contributed by atoms with Gasteiger partial charge in [0.1, 0.15) is 5.82 Å². The first-order valence-corrected chi connectivity index (χ1v) is 9.97. The zero-order valence-corrected chi connectivity index (χ0v) is 17.0. The summed E-state index contributed by atoms with van der Waals surface area (Å²) >= 11 is 0. The molecule has 0 saturated heterocycles. The second kappa shape index (κ2) is 9.74. The van der Waals surface area contributed by atoms with E-state index in [1.54, 1.807) is 0 Å². The van der Waals surface area contributed by atoms with Crippen LogP contribution < -0.4 is 15.1 Å². The molecule has 0 spiro atoms. The summed E-state index contributed by atoms with van der Waals surface area (Å²) < 4.78 is 0. The lowest BCUT2D eigenvalue weighted by molar-refractivity contribution is 0.792. The van der Waals surface area contributed by atoms with Gasteiger partial charge in [-0.3, -0.25) is 0 Å². The zero-order chi connectivity index (χ0) is 19.8. The summed E-state index contributed by atoms with van der Waals surface area (Å²) in [7, 11) is 0. The van der Waals surface area contributed by atoms with Crippen LogP contribution in [0.2, 0.25) is 0 Å². The van der Waals surface area contributed by atoms with E-state index in [9.17, 15) is 0 Å². The molecule has 1 aromatic heterocycles. The van der Waals surface area contributed by atoms with Gasteiger partial charge in [0, 0.05) is 43.8 Å². The van der Waals surface area contributed by atoms with Crippen LogP contribution in [0, 0.1) is 0 Å². The van der Waals surface area contributed by atoms with Gasteiger partial charge >= 0.3 is 0 Å². The highest BCUT2D eigenvalue weighted by Crippen LogP contribution is 2.21. The second-order valence-corrected chi connectivity index (χ2v) is 6.59. The molecule has 0 aliphatic carbocycles. The number of nitrogens with one attached hydrogen (secondary N) is 1. The van der Waals surface area contributed by atoms with E-state index >= 15 is 0 Å². The average Bonchev–Trinajstić information content (AvgIpc) is 2.75. The highest BCUT2D eigenvalue weighted by molar-refractivity contribution is 5.61. The number of benzene rings is 2. The lowest BCUT2D eigenvalue weighted by Crippen LogP contribution is -2.24. The normalized spacial score (nSPS) is 10.5. The van der Waals surface area contributed by atoms with Crippen molar-refractivity contribution in [3.8, 4) is 0 Å². The molecule has 0 radical (unpaired) electrons. The highest BCUT2D eigenvalue weighted by Gasteiger charge is 2.09. The van der Waals surface area contributed by atoms with E-state index in [-0.39, 0.29) is 0 Å². The van der Waals surface area contributed by atoms with Crippen molar-refractivity contribution in [1.82, 2.24) is 9.97 Å². The standard InChI is InChI=1S/C23H29N5/c1-4-27(5-2)21-14-12-20(13-15-21)25-22-16-17-24-23(26-22)28(6-3)18-19-10-8-7-9-11-19/h7-17H,4-6,18H2,1-3H3,(H,24,25,26). The predicted octanol–water partition coefficient (Wildman–Crippen LogP) is 5.09. The highest BCUT2D eigenvalue weighted by atomic mass is 15.3. The van der Waals surface area contributed by atoms with Gasteiger partial charge in [0.05, 0.1) is 0 Å². The number of rotatable bonds is 9. The Labute approximate surface area is 168 Å². The Balaban J connectivity index is 1.72. The summed E-state index contributed by atoms with van der Waals surface area (Å²) in [5.74, 6) is 1.53. The Bertz CT molecular complexity index is 844. The average molecular weight is 376 g/mol. The number of anilines is 4. The number of hydrogen-bond acceptors (Lipinski definition) is 5. The third-order valence-corrected chi connectivity index (χ3v) is 4.79. The van der Waals surface area contributed by atoms with Crippen LogP contribution in [0.5, 0.6) is 0 Å². The van der Waals surface area contributed by atoms with Crippen molar-refractivity contribution in [3.05, 3.63) is 72.4 Å². The fourth-order valence-corrected chi connectivity index (χ4v) is 3.19. The van der Waals surface area contributed by atoms with Gasteiger partial charge < -0.3 is 15.1 Å². The van der Waals surface area contributed by atoms with Crippen LogP contribution in [0.25, 0.3) is 0 Å². The maximum absolute atomic E-state index is 4.72. The van der Waals surface area contributed by atoms with Gasteiger partial charge in [-0.15, -0.1) is 0 Å². The van der Waals surface area contributed by atoms with Gasteiger partial charge in [-0.25, -0.2) is 4.98 Å². The van der Waals surface area contributed by atoms with Crippen LogP contribution in [0.1, 0.15) is 26.3 Å². The minimum Gasteiger partial charge on any atom is -0.372 e. The van der Waals surface area contributed by atoms with Crippen LogP contribution in [0.4, 0.5) is 23.1 Å². The van der Waals surface area contributed by atoms with Crippen molar-refractivity contribution in [3.63, 3.8) is 0 Å². The smallest absolute Gasteiger partial charge is 0.227 e. The molecule has 146 valence electrons. The largest absolute Gasteiger partial charge is 0.372 e. The molecular formula is C23H29N5. The van der Waals surface area contributed by atoms with Crippen LogP contribution in [-0.2, 0) is 6.54 Å². The van der Waals surface area contributed by atoms with Crippen LogP contribution in [-0.4, -0.2) is 29.6 Å². The fourth-order valence-electron chi connectivity index (χ4n) is 3.19. The molecule has 0 fully saturated rings. The molecule has 0 atom stereocenters. The number of nitrogens with zero attached hydrogens (tertiary/aromatic N) is 4. The Hall–Kier alpha value is -3.08. The van der Waals surface area contributed by atoms with E-state index in [1.165, 1.54) is 11.3 Å². The SMILES string of the molecule is CCN(CC)c1ccc(Nc2ccnc(N(CC)Cc3ccccc3)n2)cc1. The van der Waals surface area contributed by atoms with Gasteiger partial charge in [0.2, 0.25) is 5.95 Å². The molecule has 3 rings (SSSR count). The van der Waals surface area contributed by atoms with Crippen molar-refractivity contribution in [1.29, 1.82) is 0 Å². The minimum atomic E-state index is 0.733. The molecule has 0 aliphatic rings. The minimum absolute atomic E-state index is 0.733. The fraction of sp³-hybridized carbons (Fsp3) is 0.304. The molecule has 0 aliphatic heterocycles. The Morgan fingerprint density at radius 1 is 0.786 bits per heavy atom. The van der Waals surface area contributed by atoms with Gasteiger partial charge in [-0.1, -0.05) is 30.3 Å². The van der Waals surface area contributed by atoms with E-state index in [4.69, 9.17) is 4.98 Å². The van der Waals surface area contributed by atoms with Crippen LogP contribution >= 0.6 is 0 Å². The van der Waals surface area contributed by atoms with Gasteiger partial charge in [-0.2, -0.15) is 4.98 Å². The molecule has 0 bridgehead atoms. The van der Waals surface area contributed by atoms with E-state index in [0.717, 1.165) is 43.6 Å². The summed E-state index contributed by atoms with van der Waals surface area (Å²) in [4.78, 5) is 13.7. The first kappa shape index (κ1) is 19.7. The quantitative estimate of drug-likeness (QED) is 0.564. The van der Waals surface area contributed by atoms with Crippen molar-refractivity contribution in [2.24, 2.45) is 0 Å². The zero-order valence-electron chi connectivity index (χ0n) is 17.0. The molecule has 2 aromatic carbocycles. The molecule has 5 nitrogen and oxygen atoms in total. The topological polar surface area (TPSA) is 44.3 Å². The molecular weight excluding hydrogens is 346 g/mol. The summed E-state index contributed by atoms with van der Waals surface area (Å²) in [6.45, 7) is 10.1. The van der Waals surface area contributed by atoms with Crippen LogP contribution in [0.3, 0.4) is 0 Å². The van der Waals surface area contributed by atoms with E-state index in [0.29, 0.717) is 0 Å². The second-order valence-electron chi connectivity index (χ2n) is 6.59. The maximum atomic E-state index is 4.72. The summed E-state index contributed by atoms with van der Waals surface area (Å²) in [6.07, 6.45) is 1.81. The number of hydrogen-bond donors (Lipinski definition) is 1. The van der Waals surface area contributed by atoms with Crippen molar-refractivity contribution < 1.29 is 0 Å². The molecule has 3 aromatic rings. The molecule has 5 heteroatoms. The van der Waals surface area contributed by atoms with Gasteiger partial charge in [-0.05, 0) is 56.7 Å². The summed E-state index contributed by atoms with van der Waals surface area (Å²) in [5, 5.41) is 3.39. The Morgan fingerprint density at radius 2 is 1.46 bits per heavy atom. The predicted molar refractivity (Wildman–Crippen MR) is 118 cm³/mol. The molecule has 1 heterocycles. The van der Waals surface area contributed by atoms with E-state index < -0.39 is 0 Å². The first-order chi connectivity index (χ1) is 13.7. The molecule has 0 saturated carbocycles. The first-order valence-electron chi connectivity index (χ1n) is 9.97. The summed E-state index contributed by atoms with van der Waals surface area (Å²) in [5.41, 5.74) is 3.50. The molecule has 28 heavy (non-hydrogen) atoms. The monoisotopic (exact) mass is 375 g/mol. The van der Waals surface area contributed by atoms with E-state index in [1.807, 2.05) is 18.3 Å². The third kappa shape index (κ3) is 5.00. The third-order valence-electron chi connectivity index (χ3n) is 4.79. The summed E-state index contributed by atoms with van der Waals surface area (Å²) in [6, 6.07) is 20.8. The van der Waals surface area contributed by atoms with Gasteiger partial charge in [0.15, 0.2) is 0 Å². The van der Waals surface area contributed by atoms with Crippen molar-refractivity contribution >= 4 is 23.1 Å². The van der Waals surface area contributed by atoms with Crippen molar-refractivity contribution in [2.45, 2.75) is 27.3 Å². The lowest BCUT2D eigenvalue weighted by Gasteiger charge is -2.22. The molecule has 0 unspecified atom stereocenters. The lowest BCUT2D eigenvalue weighted by atomic mass is 10.2. The Kier molecular flexibility index (Phi) is 6.84. The van der Waals surface area contributed by atoms with Crippen LogP contribution in [0.15, 0.2) is 66.9 Å². The number of aromatic nitrogens is 2. The molecule has 1 N–H and O–H groups in total.